The minimum atomic E-state index is -1.67. The highest BCUT2D eigenvalue weighted by molar-refractivity contribution is 6.17. The molecule has 1 aromatic heterocycles. The number of ketones is 1. The Hall–Kier alpha value is -7.95. The summed E-state index contributed by atoms with van der Waals surface area (Å²) in [5, 5.41) is 18.8. The first-order valence-corrected chi connectivity index (χ1v) is 26.4. The second kappa shape index (κ2) is 25.0. The zero-order valence-electron chi connectivity index (χ0n) is 45.3. The van der Waals surface area contributed by atoms with E-state index in [9.17, 15) is 52.2 Å². The van der Waals surface area contributed by atoms with E-state index < -0.39 is 125 Å². The first kappa shape index (κ1) is 59.7. The number of ether oxygens (including phenoxy) is 1. The van der Waals surface area contributed by atoms with E-state index in [1.165, 1.54) is 36.2 Å². The van der Waals surface area contributed by atoms with Crippen molar-refractivity contribution in [3.05, 3.63) is 119 Å². The summed E-state index contributed by atoms with van der Waals surface area (Å²) in [5.41, 5.74) is 4.01. The normalized spacial score (nSPS) is 18.1. The predicted octanol–water partition coefficient (Wildman–Crippen LogP) is 6.48. The third kappa shape index (κ3) is 14.3. The minimum Gasteiger partial charge on any atom is -0.445 e. The summed E-state index contributed by atoms with van der Waals surface area (Å²) in [6.45, 7) is 8.94. The number of hydrogen-bond donors (Lipinski definition) is 5. The van der Waals surface area contributed by atoms with Gasteiger partial charge in [-0.05, 0) is 97.5 Å². The number of carbonyl (C=O) groups is 8. The molecule has 3 aliphatic rings. The number of imide groups is 1. The number of aliphatic hydroxyl groups excluding tert-OH is 1. The number of alkyl halides is 1. The van der Waals surface area contributed by atoms with E-state index in [-0.39, 0.29) is 82.0 Å². The average molecular weight is 1110 g/mol. The number of primary amides is 1. The van der Waals surface area contributed by atoms with Crippen LogP contribution in [0.2, 0.25) is 0 Å². The van der Waals surface area contributed by atoms with E-state index >= 15 is 8.78 Å². The summed E-state index contributed by atoms with van der Waals surface area (Å²) in [5.74, 6) is -7.96. The van der Waals surface area contributed by atoms with Gasteiger partial charge in [-0.2, -0.15) is 0 Å². The van der Waals surface area contributed by atoms with Crippen molar-refractivity contribution in [1.82, 2.24) is 34.9 Å². The molecule has 6 N–H and O–H groups in total. The summed E-state index contributed by atoms with van der Waals surface area (Å²) in [7, 11) is 0. The Kier molecular flexibility index (Phi) is 18.7. The molecule has 3 aromatic carbocycles. The van der Waals surface area contributed by atoms with Crippen molar-refractivity contribution < 1.29 is 65.8 Å². The number of carbonyl (C=O) groups excluding carboxylic acids is 8. The number of imidazole rings is 1. The maximum Gasteiger partial charge on any atom is 0.410 e. The molecule has 23 heteroatoms. The van der Waals surface area contributed by atoms with Gasteiger partial charge in [0.15, 0.2) is 5.78 Å². The monoisotopic (exact) mass is 1110 g/mol. The highest BCUT2D eigenvalue weighted by Gasteiger charge is 2.60. The summed E-state index contributed by atoms with van der Waals surface area (Å²) in [6.07, 6.45) is 0.0580. The fourth-order valence-corrected chi connectivity index (χ4v) is 10.2. The Balaban J connectivity index is 1.01. The van der Waals surface area contributed by atoms with Crippen LogP contribution in [0.1, 0.15) is 96.6 Å². The Morgan fingerprint density at radius 1 is 0.912 bits per heavy atom. The summed E-state index contributed by atoms with van der Waals surface area (Å²) in [4.78, 5) is 113. The SMILES string of the molecule is CC(C)[C@H](NC(=O)C1(N2C(=O)C=CC2=O)CC1)C(=O)C[C@@H](CCCNC(N)=O)C(=O)Nc1ccc(COC(=O)N2C[C@@H](CN(C(=O)[C@H](C)O)[C@@H](c3nc(-c4cc(F)ccc4F)cn3Cc3cccc(F)c3)C(C)(C)C)[C@@H](F)C2)cc1. The van der Waals surface area contributed by atoms with Crippen molar-refractivity contribution in [2.75, 3.05) is 31.5 Å². The molecule has 0 bridgehead atoms. The lowest BCUT2D eigenvalue weighted by molar-refractivity contribution is -0.147. The molecular weight excluding hydrogens is 1050 g/mol. The summed E-state index contributed by atoms with van der Waals surface area (Å²) in [6, 6.07) is 11.9. The van der Waals surface area contributed by atoms with Gasteiger partial charge >= 0.3 is 12.1 Å². The smallest absolute Gasteiger partial charge is 0.410 e. The molecule has 0 spiro atoms. The minimum absolute atomic E-state index is 0.00574. The number of urea groups is 1. The zero-order valence-corrected chi connectivity index (χ0v) is 45.3. The fraction of sp³-hybridized carbons (Fsp3) is 0.456. The van der Waals surface area contributed by atoms with E-state index in [1.54, 1.807) is 69.5 Å². The number of aliphatic hydroxyl groups is 1. The maximum atomic E-state index is 16.2. The van der Waals surface area contributed by atoms with Crippen molar-refractivity contribution >= 4 is 53.1 Å². The van der Waals surface area contributed by atoms with E-state index in [0.29, 0.717) is 16.8 Å². The van der Waals surface area contributed by atoms with Gasteiger partial charge in [0.2, 0.25) is 11.8 Å². The number of Topliss-reactive ketones (excluding diaryl/α,β-unsaturated/α-hetero) is 1. The van der Waals surface area contributed by atoms with Gasteiger partial charge in [-0.3, -0.25) is 33.7 Å². The maximum absolute atomic E-state index is 16.2. The molecule has 1 saturated carbocycles. The van der Waals surface area contributed by atoms with Crippen molar-refractivity contribution in [2.24, 2.45) is 28.9 Å². The van der Waals surface area contributed by atoms with E-state index in [4.69, 9.17) is 15.5 Å². The molecule has 7 rings (SSSR count). The van der Waals surface area contributed by atoms with Gasteiger partial charge in [-0.25, -0.2) is 32.1 Å². The highest BCUT2D eigenvalue weighted by atomic mass is 19.1. The Morgan fingerprint density at radius 2 is 1.59 bits per heavy atom. The highest BCUT2D eigenvalue weighted by Crippen LogP contribution is 2.44. The summed E-state index contributed by atoms with van der Waals surface area (Å²) >= 11 is 0. The van der Waals surface area contributed by atoms with Crippen LogP contribution in [0.4, 0.5) is 32.8 Å². The number of hydrogen-bond acceptors (Lipinski definition) is 11. The molecule has 80 heavy (non-hydrogen) atoms. The van der Waals surface area contributed by atoms with Crippen LogP contribution < -0.4 is 21.7 Å². The van der Waals surface area contributed by atoms with Crippen LogP contribution in [-0.4, -0.2) is 127 Å². The van der Waals surface area contributed by atoms with Crippen LogP contribution in [0, 0.1) is 40.6 Å². The first-order valence-electron chi connectivity index (χ1n) is 26.4. The van der Waals surface area contributed by atoms with Gasteiger partial charge in [0, 0.05) is 74.0 Å². The second-order valence-corrected chi connectivity index (χ2v) is 22.1. The van der Waals surface area contributed by atoms with E-state index in [1.807, 2.05) is 0 Å². The van der Waals surface area contributed by atoms with Crippen LogP contribution in [0.5, 0.6) is 0 Å². The first-order chi connectivity index (χ1) is 37.8. The molecule has 1 aliphatic carbocycles. The third-order valence-corrected chi connectivity index (χ3v) is 14.4. The van der Waals surface area contributed by atoms with Gasteiger partial charge in [-0.1, -0.05) is 58.9 Å². The average Bonchev–Trinajstić information content (AvgIpc) is 4.06. The van der Waals surface area contributed by atoms with Crippen molar-refractivity contribution in [3.63, 3.8) is 0 Å². The number of rotatable bonds is 23. The molecular formula is C57H67F4N9O10. The lowest BCUT2D eigenvalue weighted by atomic mass is 9.84. The quantitative estimate of drug-likeness (QED) is 0.0305. The number of nitrogens with two attached hydrogens (primary N) is 1. The lowest BCUT2D eigenvalue weighted by Crippen LogP contribution is -2.56. The van der Waals surface area contributed by atoms with Crippen molar-refractivity contribution in [2.45, 2.75) is 117 Å². The molecule has 6 atom stereocenters. The van der Waals surface area contributed by atoms with Crippen molar-refractivity contribution in [3.8, 4) is 11.3 Å². The van der Waals surface area contributed by atoms with Crippen molar-refractivity contribution in [1.29, 1.82) is 0 Å². The van der Waals surface area contributed by atoms with Gasteiger partial charge < -0.3 is 45.9 Å². The second-order valence-electron chi connectivity index (χ2n) is 22.1. The molecule has 8 amide bonds. The van der Waals surface area contributed by atoms with Crippen LogP contribution in [0.25, 0.3) is 11.3 Å². The number of aromatic nitrogens is 2. The van der Waals surface area contributed by atoms with E-state index in [2.05, 4.69) is 16.0 Å². The molecule has 3 heterocycles. The molecule has 0 unspecified atom stereocenters. The molecule has 4 aromatic rings. The van der Waals surface area contributed by atoms with Crippen LogP contribution >= 0.6 is 0 Å². The standard InChI is InChI=1S/C57H67F4N9O10/c1-32(2)48(66-53(77)57(20-21-57)70-46(73)18-19-47(70)74)45(72)24-36(10-8-22-63-54(62)78)51(75)64-40-15-12-34(13-16-40)31-80-55(79)68-27-37(43(61)29-68)28-69(52(76)33(3)71)49(56(4,5)6)50-65-44(41-25-39(59)14-17-42(41)60)30-67(50)26-35-9-7-11-38(58)23-35/h7,9,11-19,23,25,30,32-33,36-37,43,48-49,71H,8,10,20-22,24,26-29,31H2,1-6H3,(H,64,75)(H,66,77)(H3,62,63,78)/t33-,36+,37-,43-,48-,49-/m0/s1. The molecule has 428 valence electrons. The molecule has 1 saturated heterocycles. The Morgan fingerprint density at radius 3 is 2.20 bits per heavy atom. The van der Waals surface area contributed by atoms with Crippen LogP contribution in [0.15, 0.2) is 85.1 Å². The number of nitrogens with one attached hydrogen (secondary N) is 3. The molecule has 2 aliphatic heterocycles. The van der Waals surface area contributed by atoms with Gasteiger partial charge in [-0.15, -0.1) is 0 Å². The summed E-state index contributed by atoms with van der Waals surface area (Å²) < 4.78 is 67.6. The fourth-order valence-electron chi connectivity index (χ4n) is 10.2. The number of anilines is 1. The topological polar surface area (TPSA) is 256 Å². The Labute approximate surface area is 460 Å². The zero-order chi connectivity index (χ0) is 58.4. The van der Waals surface area contributed by atoms with E-state index in [0.717, 1.165) is 40.2 Å². The van der Waals surface area contributed by atoms with Crippen LogP contribution in [-0.2, 0) is 46.7 Å². The Bertz CT molecular complexity index is 3010. The third-order valence-electron chi connectivity index (χ3n) is 14.4. The predicted molar refractivity (Wildman–Crippen MR) is 284 cm³/mol. The number of amides is 8. The molecule has 19 nitrogen and oxygen atoms in total. The number of nitrogens with zero attached hydrogens (tertiary/aromatic N) is 5. The van der Waals surface area contributed by atoms with Gasteiger partial charge in [0.25, 0.3) is 17.7 Å². The van der Waals surface area contributed by atoms with Crippen LogP contribution in [0.3, 0.4) is 0 Å². The number of benzene rings is 3. The lowest BCUT2D eigenvalue weighted by Gasteiger charge is -2.41. The number of likely N-dealkylation sites (tertiary alicyclic amines) is 1. The van der Waals surface area contributed by atoms with Gasteiger partial charge in [0.05, 0.1) is 24.3 Å². The van der Waals surface area contributed by atoms with Gasteiger partial charge in [0.1, 0.15) is 47.7 Å². The number of halogens is 4. The largest absolute Gasteiger partial charge is 0.445 e. The molecule has 0 radical (unpaired) electrons. The molecule has 2 fully saturated rings.